The van der Waals surface area contributed by atoms with Crippen LogP contribution in [0.5, 0.6) is 0 Å². The largest absolute Gasteiger partial charge is 0.480 e. The topological polar surface area (TPSA) is 104 Å². The lowest BCUT2D eigenvalue weighted by Crippen LogP contribution is -2.53. The molecular formula is C26H25BrN4O3. The number of hydrogen-bond acceptors (Lipinski definition) is 6. The third-order valence-corrected chi connectivity index (χ3v) is 7.64. The molecule has 174 valence electrons. The van der Waals surface area contributed by atoms with Gasteiger partial charge < -0.3 is 15.7 Å². The summed E-state index contributed by atoms with van der Waals surface area (Å²) < 4.78 is 0.497. The van der Waals surface area contributed by atoms with Crippen LogP contribution in [0.3, 0.4) is 0 Å². The fraction of sp³-hybridized carbons (Fsp3) is 0.308. The fourth-order valence-electron chi connectivity index (χ4n) is 5.00. The van der Waals surface area contributed by atoms with Crippen LogP contribution in [0, 0.1) is 5.41 Å². The molecular weight excluding hydrogens is 496 g/mol. The van der Waals surface area contributed by atoms with Crippen LogP contribution < -0.4 is 10.6 Å². The second-order valence-electron chi connectivity index (χ2n) is 8.98. The van der Waals surface area contributed by atoms with E-state index in [0.717, 1.165) is 59.8 Å². The molecule has 7 nitrogen and oxygen atoms in total. The van der Waals surface area contributed by atoms with Gasteiger partial charge in [-0.15, -0.1) is 0 Å². The highest BCUT2D eigenvalue weighted by Crippen LogP contribution is 2.53. The summed E-state index contributed by atoms with van der Waals surface area (Å²) >= 11 is 3.38. The number of benzene rings is 1. The molecule has 0 saturated heterocycles. The van der Waals surface area contributed by atoms with Crippen molar-refractivity contribution in [3.63, 3.8) is 0 Å². The van der Waals surface area contributed by atoms with Gasteiger partial charge >= 0.3 is 5.97 Å². The lowest BCUT2D eigenvalue weighted by Gasteiger charge is -2.46. The minimum Gasteiger partial charge on any atom is -0.480 e. The van der Waals surface area contributed by atoms with Crippen LogP contribution in [0.1, 0.15) is 37.7 Å². The first-order valence-corrected chi connectivity index (χ1v) is 12.3. The predicted octanol–water partition coefficient (Wildman–Crippen LogP) is 5.10. The van der Waals surface area contributed by atoms with E-state index in [1.165, 1.54) is 0 Å². The van der Waals surface area contributed by atoms with Gasteiger partial charge in [0.1, 0.15) is 11.9 Å². The maximum atomic E-state index is 12.6. The molecule has 1 fully saturated rings. The Morgan fingerprint density at radius 1 is 1.09 bits per heavy atom. The molecule has 2 aliphatic carbocycles. The van der Waals surface area contributed by atoms with Crippen LogP contribution in [0.4, 0.5) is 11.5 Å². The van der Waals surface area contributed by atoms with Gasteiger partial charge in [0.15, 0.2) is 5.78 Å². The Balaban J connectivity index is 1.30. The fourth-order valence-corrected chi connectivity index (χ4v) is 5.87. The normalized spacial score (nSPS) is 18.0. The maximum Gasteiger partial charge on any atom is 0.326 e. The van der Waals surface area contributed by atoms with Crippen LogP contribution in [-0.2, 0) is 16.0 Å². The Bertz CT molecular complexity index is 1280. The van der Waals surface area contributed by atoms with Gasteiger partial charge in [0, 0.05) is 41.8 Å². The van der Waals surface area contributed by atoms with E-state index in [2.05, 4.69) is 36.5 Å². The molecule has 1 aromatic carbocycles. The molecule has 0 amide bonds. The van der Waals surface area contributed by atoms with Crippen molar-refractivity contribution in [2.75, 3.05) is 5.32 Å². The first-order valence-electron chi connectivity index (χ1n) is 11.5. The minimum atomic E-state index is -0.937. The van der Waals surface area contributed by atoms with E-state index >= 15 is 0 Å². The number of nitrogens with one attached hydrogen (secondary N) is 2. The Hall–Kier alpha value is -3.26. The molecule has 5 rings (SSSR count). The molecule has 1 saturated carbocycles. The number of aromatic nitrogens is 2. The first-order chi connectivity index (χ1) is 16.5. The van der Waals surface area contributed by atoms with E-state index in [9.17, 15) is 14.7 Å². The monoisotopic (exact) mass is 520 g/mol. The smallest absolute Gasteiger partial charge is 0.326 e. The summed E-state index contributed by atoms with van der Waals surface area (Å²) in [6.45, 7) is 0. The number of nitrogens with zero attached hydrogens (tertiary/aromatic N) is 2. The van der Waals surface area contributed by atoms with Gasteiger partial charge in [-0.25, -0.2) is 9.78 Å². The number of rotatable bonds is 7. The number of carbonyl (C=O) groups is 2. The van der Waals surface area contributed by atoms with E-state index in [1.54, 1.807) is 18.6 Å². The number of carbonyl (C=O) groups excluding carboxylic acids is 1. The molecule has 1 spiro atoms. The average Bonchev–Trinajstić information content (AvgIpc) is 2.87. The van der Waals surface area contributed by atoms with Crippen molar-refractivity contribution in [3.8, 4) is 0 Å². The molecule has 1 atom stereocenters. The van der Waals surface area contributed by atoms with E-state index in [4.69, 9.17) is 0 Å². The number of anilines is 2. The standard InChI is InChI=1S/C26H25BrN4O3/c27-21-22(26(23(21)32)10-2-1-3-11-26)31-20(25(33)34)14-16-4-6-18(7-5-16)30-24-19-15-28-12-8-17(19)9-13-29-24/h4-9,12-13,15,20,31H,1-3,10-11,14H2,(H,29,30)(H,33,34)/t20-/m1/s1. The Kier molecular flexibility index (Phi) is 6.08. The van der Waals surface area contributed by atoms with Gasteiger partial charge in [-0.3, -0.25) is 9.78 Å². The zero-order valence-corrected chi connectivity index (χ0v) is 20.1. The summed E-state index contributed by atoms with van der Waals surface area (Å²) in [5, 5.41) is 18.4. The predicted molar refractivity (Wildman–Crippen MR) is 134 cm³/mol. The highest BCUT2D eigenvalue weighted by Gasteiger charge is 2.53. The molecule has 0 aliphatic heterocycles. The lowest BCUT2D eigenvalue weighted by atomic mass is 9.62. The lowest BCUT2D eigenvalue weighted by molar-refractivity contribution is -0.140. The third-order valence-electron chi connectivity index (χ3n) is 6.88. The number of carboxylic acid groups (broad SMARTS) is 1. The third kappa shape index (κ3) is 4.07. The van der Waals surface area contributed by atoms with Gasteiger partial charge in [-0.05, 0) is 64.0 Å². The van der Waals surface area contributed by atoms with Gasteiger partial charge in [0.2, 0.25) is 0 Å². The molecule has 8 heteroatoms. The number of allylic oxidation sites excluding steroid dienone is 2. The van der Waals surface area contributed by atoms with E-state index in [1.807, 2.05) is 36.4 Å². The highest BCUT2D eigenvalue weighted by atomic mass is 79.9. The summed E-state index contributed by atoms with van der Waals surface area (Å²) in [4.78, 5) is 33.3. The number of fused-ring (bicyclic) bond motifs is 1. The molecule has 34 heavy (non-hydrogen) atoms. The van der Waals surface area contributed by atoms with Gasteiger partial charge in [-0.2, -0.15) is 0 Å². The minimum absolute atomic E-state index is 0.103. The Morgan fingerprint density at radius 3 is 2.56 bits per heavy atom. The van der Waals surface area contributed by atoms with Crippen molar-refractivity contribution in [2.45, 2.75) is 44.6 Å². The summed E-state index contributed by atoms with van der Waals surface area (Å²) in [5.74, 6) is -0.119. The second kappa shape index (κ2) is 9.18. The number of ketones is 1. The average molecular weight is 521 g/mol. The van der Waals surface area contributed by atoms with E-state index in [-0.39, 0.29) is 5.78 Å². The van der Waals surface area contributed by atoms with Crippen molar-refractivity contribution < 1.29 is 14.7 Å². The molecule has 2 heterocycles. The number of Topliss-reactive ketones (excluding diaryl/α,β-unsaturated/α-hetero) is 1. The molecule has 3 aromatic rings. The number of carboxylic acids is 1. The van der Waals surface area contributed by atoms with Crippen molar-refractivity contribution in [2.24, 2.45) is 5.41 Å². The van der Waals surface area contributed by atoms with Crippen LogP contribution in [0.25, 0.3) is 10.8 Å². The molecule has 3 N–H and O–H groups in total. The quantitative estimate of drug-likeness (QED) is 0.398. The van der Waals surface area contributed by atoms with Crippen molar-refractivity contribution in [1.82, 2.24) is 15.3 Å². The van der Waals surface area contributed by atoms with Crippen molar-refractivity contribution >= 4 is 50.0 Å². The van der Waals surface area contributed by atoms with Crippen LogP contribution in [0.2, 0.25) is 0 Å². The van der Waals surface area contributed by atoms with E-state index < -0.39 is 17.4 Å². The summed E-state index contributed by atoms with van der Waals surface area (Å²) in [6, 6.07) is 10.7. The van der Waals surface area contributed by atoms with Crippen LogP contribution in [0.15, 0.2) is 65.2 Å². The second-order valence-corrected chi connectivity index (χ2v) is 9.77. The zero-order valence-electron chi connectivity index (χ0n) is 18.6. The Labute approximate surface area is 205 Å². The number of hydrogen-bond donors (Lipinski definition) is 3. The Morgan fingerprint density at radius 2 is 1.82 bits per heavy atom. The number of halogens is 1. The van der Waals surface area contributed by atoms with Gasteiger partial charge in [0.25, 0.3) is 0 Å². The molecule has 2 aromatic heterocycles. The molecule has 2 aliphatic rings. The summed E-state index contributed by atoms with van der Waals surface area (Å²) in [5.41, 5.74) is 1.97. The molecule has 0 unspecified atom stereocenters. The van der Waals surface area contributed by atoms with Crippen molar-refractivity contribution in [1.29, 1.82) is 0 Å². The first kappa shape index (κ1) is 22.5. The maximum absolute atomic E-state index is 12.6. The number of pyridine rings is 2. The van der Waals surface area contributed by atoms with E-state index in [0.29, 0.717) is 16.7 Å². The van der Waals surface area contributed by atoms with Gasteiger partial charge in [-0.1, -0.05) is 31.4 Å². The molecule has 0 bridgehead atoms. The summed E-state index contributed by atoms with van der Waals surface area (Å²) in [6.07, 6.45) is 10.3. The molecule has 0 radical (unpaired) electrons. The van der Waals surface area contributed by atoms with Crippen molar-refractivity contribution in [3.05, 3.63) is 70.7 Å². The summed E-state index contributed by atoms with van der Waals surface area (Å²) in [7, 11) is 0. The van der Waals surface area contributed by atoms with Gasteiger partial charge in [0.05, 0.1) is 9.90 Å². The highest BCUT2D eigenvalue weighted by molar-refractivity contribution is 9.12. The van der Waals surface area contributed by atoms with Crippen LogP contribution >= 0.6 is 15.9 Å². The number of aliphatic carboxylic acids is 1. The zero-order chi connectivity index (χ0) is 23.7. The SMILES string of the molecule is O=C(O)[C@@H](Cc1ccc(Nc2nccc3ccncc23)cc1)NC1=C(Br)C(=O)C12CCCCC2. The van der Waals surface area contributed by atoms with Crippen LogP contribution in [-0.4, -0.2) is 32.9 Å².